The summed E-state index contributed by atoms with van der Waals surface area (Å²) in [6.07, 6.45) is 4.56. The third-order valence-corrected chi connectivity index (χ3v) is 4.45. The van der Waals surface area contributed by atoms with Crippen LogP contribution in [0.2, 0.25) is 0 Å². The Morgan fingerprint density at radius 2 is 1.75 bits per heavy atom. The monoisotopic (exact) mass is 374 g/mol. The number of amides is 1. The molecule has 3 aromatic rings. The second-order valence-corrected chi connectivity index (χ2v) is 6.69. The molecule has 2 aromatic carbocycles. The first-order valence-corrected chi connectivity index (χ1v) is 9.80. The van der Waals surface area contributed by atoms with Crippen molar-refractivity contribution in [3.05, 3.63) is 72.3 Å². The van der Waals surface area contributed by atoms with Gasteiger partial charge in [0.1, 0.15) is 0 Å². The van der Waals surface area contributed by atoms with Crippen molar-refractivity contribution in [3.63, 3.8) is 0 Å². The van der Waals surface area contributed by atoms with Crippen LogP contribution in [0.5, 0.6) is 0 Å². The van der Waals surface area contributed by atoms with Crippen molar-refractivity contribution in [2.45, 2.75) is 32.6 Å². The largest absolute Gasteiger partial charge is 0.352 e. The molecule has 3 rings (SSSR count). The lowest BCUT2D eigenvalue weighted by atomic mass is 10.1. The number of hydrogen-bond donors (Lipinski definition) is 2. The van der Waals surface area contributed by atoms with Gasteiger partial charge >= 0.3 is 0 Å². The third kappa shape index (κ3) is 5.64. The van der Waals surface area contributed by atoms with Crippen LogP contribution in [-0.2, 0) is 0 Å². The number of unbranched alkanes of at least 4 members (excludes halogenated alkanes) is 3. The standard InChI is InChI=1S/C23H26N4O/c1-2-3-4-8-16-24-23(28)19-12-9-13-20(17-19)25-22-15-14-21(26-27-22)18-10-6-5-7-11-18/h5-7,9-15,17H,2-4,8,16H2,1H3,(H,24,28)(H,25,27). The first-order chi connectivity index (χ1) is 13.8. The first-order valence-electron chi connectivity index (χ1n) is 9.80. The number of carbonyl (C=O) groups excluding carboxylic acids is 1. The van der Waals surface area contributed by atoms with Gasteiger partial charge < -0.3 is 10.6 Å². The number of hydrogen-bond acceptors (Lipinski definition) is 4. The Morgan fingerprint density at radius 1 is 0.893 bits per heavy atom. The molecule has 0 aliphatic rings. The molecule has 0 spiro atoms. The van der Waals surface area contributed by atoms with E-state index < -0.39 is 0 Å². The smallest absolute Gasteiger partial charge is 0.251 e. The number of nitrogens with zero attached hydrogens (tertiary/aromatic N) is 2. The molecule has 0 fully saturated rings. The summed E-state index contributed by atoms with van der Waals surface area (Å²) in [5.41, 5.74) is 3.29. The van der Waals surface area contributed by atoms with Crippen LogP contribution in [0.15, 0.2) is 66.7 Å². The van der Waals surface area contributed by atoms with Gasteiger partial charge in [0, 0.05) is 23.4 Å². The minimum atomic E-state index is -0.0503. The molecular formula is C23H26N4O. The molecule has 0 unspecified atom stereocenters. The predicted octanol–water partition coefficient (Wildman–Crippen LogP) is 5.20. The van der Waals surface area contributed by atoms with E-state index in [-0.39, 0.29) is 5.91 Å². The molecule has 28 heavy (non-hydrogen) atoms. The fraction of sp³-hybridized carbons (Fsp3) is 0.261. The van der Waals surface area contributed by atoms with Gasteiger partial charge in [-0.25, -0.2) is 0 Å². The second-order valence-electron chi connectivity index (χ2n) is 6.69. The quantitative estimate of drug-likeness (QED) is 0.505. The zero-order valence-corrected chi connectivity index (χ0v) is 16.2. The van der Waals surface area contributed by atoms with Gasteiger partial charge in [-0.05, 0) is 36.8 Å². The molecule has 144 valence electrons. The summed E-state index contributed by atoms with van der Waals surface area (Å²) in [5, 5.41) is 14.7. The Bertz CT molecular complexity index is 879. The molecule has 0 saturated heterocycles. The molecule has 0 aliphatic carbocycles. The average Bonchev–Trinajstić information content (AvgIpc) is 2.75. The Hall–Kier alpha value is -3.21. The highest BCUT2D eigenvalue weighted by atomic mass is 16.1. The highest BCUT2D eigenvalue weighted by Crippen LogP contribution is 2.19. The minimum Gasteiger partial charge on any atom is -0.352 e. The maximum Gasteiger partial charge on any atom is 0.251 e. The maximum absolute atomic E-state index is 12.3. The SMILES string of the molecule is CCCCCCNC(=O)c1cccc(Nc2ccc(-c3ccccc3)nn2)c1. The molecular weight excluding hydrogens is 348 g/mol. The van der Waals surface area contributed by atoms with Gasteiger partial charge in [0.25, 0.3) is 5.91 Å². The van der Waals surface area contributed by atoms with Gasteiger partial charge in [-0.1, -0.05) is 62.6 Å². The van der Waals surface area contributed by atoms with Gasteiger partial charge in [0.15, 0.2) is 5.82 Å². The topological polar surface area (TPSA) is 66.9 Å². The molecule has 5 nitrogen and oxygen atoms in total. The van der Waals surface area contributed by atoms with E-state index in [0.29, 0.717) is 17.9 Å². The lowest BCUT2D eigenvalue weighted by Crippen LogP contribution is -2.24. The molecule has 0 radical (unpaired) electrons. The molecule has 2 N–H and O–H groups in total. The van der Waals surface area contributed by atoms with E-state index in [1.165, 1.54) is 12.8 Å². The van der Waals surface area contributed by atoms with E-state index >= 15 is 0 Å². The summed E-state index contributed by atoms with van der Waals surface area (Å²) in [6, 6.07) is 21.2. The van der Waals surface area contributed by atoms with Gasteiger partial charge in [-0.3, -0.25) is 4.79 Å². The zero-order chi connectivity index (χ0) is 19.6. The van der Waals surface area contributed by atoms with E-state index in [9.17, 15) is 4.79 Å². The van der Waals surface area contributed by atoms with Gasteiger partial charge in [0.2, 0.25) is 0 Å². The van der Waals surface area contributed by atoms with Crippen LogP contribution >= 0.6 is 0 Å². The minimum absolute atomic E-state index is 0.0503. The van der Waals surface area contributed by atoms with Crippen LogP contribution in [0.1, 0.15) is 43.0 Å². The number of nitrogens with one attached hydrogen (secondary N) is 2. The highest BCUT2D eigenvalue weighted by molar-refractivity contribution is 5.95. The number of rotatable bonds is 9. The van der Waals surface area contributed by atoms with E-state index in [1.54, 1.807) is 0 Å². The molecule has 1 heterocycles. The van der Waals surface area contributed by atoms with Crippen LogP contribution < -0.4 is 10.6 Å². The van der Waals surface area contributed by atoms with Crippen molar-refractivity contribution in [2.24, 2.45) is 0 Å². The Kier molecular flexibility index (Phi) is 7.13. The zero-order valence-electron chi connectivity index (χ0n) is 16.2. The Labute approximate surface area is 166 Å². The van der Waals surface area contributed by atoms with Crippen molar-refractivity contribution >= 4 is 17.4 Å². The average molecular weight is 374 g/mol. The van der Waals surface area contributed by atoms with E-state index in [0.717, 1.165) is 29.8 Å². The number of carbonyl (C=O) groups is 1. The number of anilines is 2. The van der Waals surface area contributed by atoms with Gasteiger partial charge in [-0.15, -0.1) is 10.2 Å². The summed E-state index contributed by atoms with van der Waals surface area (Å²) < 4.78 is 0. The molecule has 0 aliphatic heterocycles. The van der Waals surface area contributed by atoms with Crippen molar-refractivity contribution < 1.29 is 4.79 Å². The normalized spacial score (nSPS) is 10.5. The van der Waals surface area contributed by atoms with Crippen LogP contribution in [0.25, 0.3) is 11.3 Å². The van der Waals surface area contributed by atoms with Crippen molar-refractivity contribution in [2.75, 3.05) is 11.9 Å². The molecule has 0 saturated carbocycles. The second kappa shape index (κ2) is 10.2. The van der Waals surface area contributed by atoms with Gasteiger partial charge in [-0.2, -0.15) is 0 Å². The molecule has 5 heteroatoms. The van der Waals surface area contributed by atoms with Crippen molar-refractivity contribution in [1.29, 1.82) is 0 Å². The highest BCUT2D eigenvalue weighted by Gasteiger charge is 2.07. The summed E-state index contributed by atoms with van der Waals surface area (Å²) in [4.78, 5) is 12.3. The van der Waals surface area contributed by atoms with E-state index in [2.05, 4.69) is 27.8 Å². The van der Waals surface area contributed by atoms with Crippen molar-refractivity contribution in [1.82, 2.24) is 15.5 Å². The van der Waals surface area contributed by atoms with E-state index in [1.807, 2.05) is 66.7 Å². The summed E-state index contributed by atoms with van der Waals surface area (Å²) in [7, 11) is 0. The lowest BCUT2D eigenvalue weighted by Gasteiger charge is -2.09. The summed E-state index contributed by atoms with van der Waals surface area (Å²) in [5.74, 6) is 0.586. The summed E-state index contributed by atoms with van der Waals surface area (Å²) in [6.45, 7) is 2.89. The van der Waals surface area contributed by atoms with Crippen molar-refractivity contribution in [3.8, 4) is 11.3 Å². The first kappa shape index (κ1) is 19.5. The fourth-order valence-corrected chi connectivity index (χ4v) is 2.90. The third-order valence-electron chi connectivity index (χ3n) is 4.45. The Morgan fingerprint density at radius 3 is 2.50 bits per heavy atom. The van der Waals surface area contributed by atoms with Crippen LogP contribution in [0.3, 0.4) is 0 Å². The fourth-order valence-electron chi connectivity index (χ4n) is 2.90. The molecule has 1 amide bonds. The lowest BCUT2D eigenvalue weighted by molar-refractivity contribution is 0.0953. The molecule has 0 bridgehead atoms. The maximum atomic E-state index is 12.3. The van der Waals surface area contributed by atoms with Crippen LogP contribution in [0.4, 0.5) is 11.5 Å². The molecule has 0 atom stereocenters. The Balaban J connectivity index is 1.59. The molecule has 1 aromatic heterocycles. The number of aromatic nitrogens is 2. The number of benzene rings is 2. The van der Waals surface area contributed by atoms with Gasteiger partial charge in [0.05, 0.1) is 5.69 Å². The predicted molar refractivity (Wildman–Crippen MR) is 114 cm³/mol. The van der Waals surface area contributed by atoms with Crippen LogP contribution in [0, 0.1) is 0 Å². The van der Waals surface area contributed by atoms with Crippen LogP contribution in [-0.4, -0.2) is 22.6 Å². The van der Waals surface area contributed by atoms with E-state index in [4.69, 9.17) is 0 Å². The summed E-state index contributed by atoms with van der Waals surface area (Å²) >= 11 is 0.